The van der Waals surface area contributed by atoms with Crippen LogP contribution in [0.5, 0.6) is 0 Å². The molecular formula is C11H15IN2O2. The Morgan fingerprint density at radius 2 is 2.38 bits per heavy atom. The second-order valence-corrected chi connectivity index (χ2v) is 4.96. The first-order valence-corrected chi connectivity index (χ1v) is 6.21. The van der Waals surface area contributed by atoms with Gasteiger partial charge < -0.3 is 10.4 Å². The second kappa shape index (κ2) is 6.80. The molecule has 1 unspecified atom stereocenters. The zero-order valence-electron chi connectivity index (χ0n) is 9.11. The van der Waals surface area contributed by atoms with Crippen molar-refractivity contribution in [2.75, 3.05) is 13.2 Å². The average Bonchev–Trinajstić information content (AvgIpc) is 2.26. The molecule has 5 heteroatoms. The predicted molar refractivity (Wildman–Crippen MR) is 70.2 cm³/mol. The van der Waals surface area contributed by atoms with Crippen molar-refractivity contribution in [3.8, 4) is 0 Å². The van der Waals surface area contributed by atoms with E-state index >= 15 is 0 Å². The topological polar surface area (TPSA) is 62.2 Å². The van der Waals surface area contributed by atoms with Crippen LogP contribution in [0.2, 0.25) is 0 Å². The van der Waals surface area contributed by atoms with Crippen LogP contribution >= 0.6 is 22.6 Å². The van der Waals surface area contributed by atoms with E-state index < -0.39 is 0 Å². The number of rotatable bonds is 5. The normalized spacial score (nSPS) is 12.2. The SMILES string of the molecule is CC(CCO)CNC(=O)c1cncc(I)c1. The second-order valence-electron chi connectivity index (χ2n) is 3.72. The minimum atomic E-state index is -0.115. The number of halogens is 1. The number of nitrogens with one attached hydrogen (secondary N) is 1. The molecule has 1 aromatic rings. The molecule has 4 nitrogen and oxygen atoms in total. The summed E-state index contributed by atoms with van der Waals surface area (Å²) in [7, 11) is 0. The van der Waals surface area contributed by atoms with Gasteiger partial charge in [-0.2, -0.15) is 0 Å². The van der Waals surface area contributed by atoms with Gasteiger partial charge in [0, 0.05) is 29.1 Å². The highest BCUT2D eigenvalue weighted by Gasteiger charge is 2.08. The largest absolute Gasteiger partial charge is 0.396 e. The Labute approximate surface area is 109 Å². The standard InChI is InChI=1S/C11H15IN2O2/c1-8(2-3-15)5-14-11(16)9-4-10(12)7-13-6-9/h4,6-8,15H,2-3,5H2,1H3,(H,14,16). The predicted octanol–water partition coefficient (Wildman–Crippen LogP) is 1.43. The summed E-state index contributed by atoms with van der Waals surface area (Å²) < 4.78 is 0.939. The summed E-state index contributed by atoms with van der Waals surface area (Å²) in [6.45, 7) is 2.72. The maximum absolute atomic E-state index is 11.7. The van der Waals surface area contributed by atoms with Gasteiger partial charge in [0.15, 0.2) is 0 Å². The van der Waals surface area contributed by atoms with Crippen molar-refractivity contribution in [3.63, 3.8) is 0 Å². The summed E-state index contributed by atoms with van der Waals surface area (Å²) in [6.07, 6.45) is 3.95. The van der Waals surface area contributed by atoms with Crippen LogP contribution in [0, 0.1) is 9.49 Å². The molecule has 0 aliphatic rings. The lowest BCUT2D eigenvalue weighted by Gasteiger charge is -2.10. The van der Waals surface area contributed by atoms with E-state index in [1.54, 1.807) is 18.5 Å². The van der Waals surface area contributed by atoms with Crippen LogP contribution in [0.15, 0.2) is 18.5 Å². The molecule has 0 aromatic carbocycles. The van der Waals surface area contributed by atoms with Crippen LogP contribution in [0.4, 0.5) is 0 Å². The molecule has 88 valence electrons. The molecule has 0 aliphatic carbocycles. The quantitative estimate of drug-likeness (QED) is 0.801. The number of aromatic nitrogens is 1. The molecule has 0 bridgehead atoms. The zero-order chi connectivity index (χ0) is 12.0. The Balaban J connectivity index is 2.47. The van der Waals surface area contributed by atoms with Gasteiger partial charge in [-0.15, -0.1) is 0 Å². The van der Waals surface area contributed by atoms with Gasteiger partial charge in [-0.05, 0) is 41.0 Å². The Bertz CT molecular complexity index is 358. The molecule has 0 radical (unpaired) electrons. The molecule has 0 saturated carbocycles. The molecule has 1 rings (SSSR count). The third-order valence-electron chi connectivity index (χ3n) is 2.20. The summed E-state index contributed by atoms with van der Waals surface area (Å²) in [4.78, 5) is 15.6. The lowest BCUT2D eigenvalue weighted by Crippen LogP contribution is -2.28. The molecule has 1 heterocycles. The smallest absolute Gasteiger partial charge is 0.252 e. The number of aliphatic hydroxyl groups is 1. The Kier molecular flexibility index (Phi) is 5.68. The molecule has 0 aliphatic heterocycles. The number of aliphatic hydroxyl groups excluding tert-OH is 1. The lowest BCUT2D eigenvalue weighted by molar-refractivity contribution is 0.0945. The van der Waals surface area contributed by atoms with Crippen LogP contribution in [-0.4, -0.2) is 29.1 Å². The third-order valence-corrected chi connectivity index (χ3v) is 2.79. The molecule has 0 saturated heterocycles. The maximum atomic E-state index is 11.7. The molecule has 1 aromatic heterocycles. The Morgan fingerprint density at radius 3 is 3.00 bits per heavy atom. The number of nitrogens with zero attached hydrogens (tertiary/aromatic N) is 1. The minimum absolute atomic E-state index is 0.115. The van der Waals surface area contributed by atoms with E-state index in [9.17, 15) is 4.79 Å². The maximum Gasteiger partial charge on any atom is 0.252 e. The van der Waals surface area contributed by atoms with Crippen molar-refractivity contribution in [2.45, 2.75) is 13.3 Å². The van der Waals surface area contributed by atoms with Crippen molar-refractivity contribution in [2.24, 2.45) is 5.92 Å². The monoisotopic (exact) mass is 334 g/mol. The number of amides is 1. The fourth-order valence-electron chi connectivity index (χ4n) is 1.23. The van der Waals surface area contributed by atoms with Gasteiger partial charge in [0.2, 0.25) is 0 Å². The van der Waals surface area contributed by atoms with Gasteiger partial charge >= 0.3 is 0 Å². The average molecular weight is 334 g/mol. The molecule has 0 spiro atoms. The zero-order valence-corrected chi connectivity index (χ0v) is 11.3. The van der Waals surface area contributed by atoms with Crippen LogP contribution < -0.4 is 5.32 Å². The van der Waals surface area contributed by atoms with Gasteiger partial charge in [-0.3, -0.25) is 9.78 Å². The molecule has 0 fully saturated rings. The number of hydrogen-bond acceptors (Lipinski definition) is 3. The highest BCUT2D eigenvalue weighted by Crippen LogP contribution is 2.06. The highest BCUT2D eigenvalue weighted by molar-refractivity contribution is 14.1. The van der Waals surface area contributed by atoms with Gasteiger partial charge in [0.1, 0.15) is 0 Å². The van der Waals surface area contributed by atoms with Gasteiger partial charge in [-0.1, -0.05) is 6.92 Å². The molecule has 1 atom stereocenters. The molecular weight excluding hydrogens is 319 g/mol. The van der Waals surface area contributed by atoms with E-state index in [0.717, 1.165) is 3.57 Å². The highest BCUT2D eigenvalue weighted by atomic mass is 127. The van der Waals surface area contributed by atoms with Crippen LogP contribution in [0.3, 0.4) is 0 Å². The molecule has 2 N–H and O–H groups in total. The Hall–Kier alpha value is -0.690. The number of pyridine rings is 1. The van der Waals surface area contributed by atoms with Crippen LogP contribution in [-0.2, 0) is 0 Å². The number of hydrogen-bond donors (Lipinski definition) is 2. The van der Waals surface area contributed by atoms with Crippen molar-refractivity contribution < 1.29 is 9.90 Å². The van der Waals surface area contributed by atoms with Gasteiger partial charge in [0.05, 0.1) is 5.56 Å². The van der Waals surface area contributed by atoms with E-state index in [1.165, 1.54) is 0 Å². The van der Waals surface area contributed by atoms with E-state index in [4.69, 9.17) is 5.11 Å². The van der Waals surface area contributed by atoms with E-state index in [1.807, 2.05) is 6.92 Å². The van der Waals surface area contributed by atoms with Crippen LogP contribution in [0.1, 0.15) is 23.7 Å². The van der Waals surface area contributed by atoms with Gasteiger partial charge in [0.25, 0.3) is 5.91 Å². The summed E-state index contributed by atoms with van der Waals surface area (Å²) in [6, 6.07) is 1.79. The number of carbonyl (C=O) groups excluding carboxylic acids is 1. The summed E-state index contributed by atoms with van der Waals surface area (Å²) in [5, 5.41) is 11.5. The lowest BCUT2D eigenvalue weighted by atomic mass is 10.1. The fraction of sp³-hybridized carbons (Fsp3) is 0.455. The van der Waals surface area contributed by atoms with Crippen molar-refractivity contribution in [1.82, 2.24) is 10.3 Å². The fourth-order valence-corrected chi connectivity index (χ4v) is 1.72. The summed E-state index contributed by atoms with van der Waals surface area (Å²) in [5.74, 6) is 0.167. The van der Waals surface area contributed by atoms with E-state index in [0.29, 0.717) is 18.5 Å². The van der Waals surface area contributed by atoms with Crippen molar-refractivity contribution in [3.05, 3.63) is 27.6 Å². The third kappa shape index (κ3) is 4.44. The van der Waals surface area contributed by atoms with E-state index in [2.05, 4.69) is 32.9 Å². The first kappa shape index (κ1) is 13.4. The van der Waals surface area contributed by atoms with Crippen molar-refractivity contribution >= 4 is 28.5 Å². The molecule has 1 amide bonds. The summed E-state index contributed by atoms with van der Waals surface area (Å²) >= 11 is 2.12. The molecule has 16 heavy (non-hydrogen) atoms. The minimum Gasteiger partial charge on any atom is -0.396 e. The van der Waals surface area contributed by atoms with Crippen LogP contribution in [0.25, 0.3) is 0 Å². The first-order chi connectivity index (χ1) is 7.63. The number of carbonyl (C=O) groups is 1. The summed E-state index contributed by atoms with van der Waals surface area (Å²) in [5.41, 5.74) is 0.572. The van der Waals surface area contributed by atoms with Crippen molar-refractivity contribution in [1.29, 1.82) is 0 Å². The van der Waals surface area contributed by atoms with E-state index in [-0.39, 0.29) is 18.4 Å². The Morgan fingerprint density at radius 1 is 1.62 bits per heavy atom. The van der Waals surface area contributed by atoms with Gasteiger partial charge in [-0.25, -0.2) is 0 Å². The first-order valence-electron chi connectivity index (χ1n) is 5.13.